The van der Waals surface area contributed by atoms with Crippen LogP contribution in [-0.4, -0.2) is 38.1 Å². The van der Waals surface area contributed by atoms with Crippen LogP contribution in [0.4, 0.5) is 5.69 Å². The lowest BCUT2D eigenvalue weighted by atomic mass is 10.1. The molecule has 0 bridgehead atoms. The number of esters is 1. The third kappa shape index (κ3) is 4.60. The minimum atomic E-state index is -0.497. The molecule has 30 heavy (non-hydrogen) atoms. The quantitative estimate of drug-likeness (QED) is 0.428. The molecule has 0 radical (unpaired) electrons. The average Bonchev–Trinajstić information content (AvgIpc) is 3.01. The number of aryl methyl sites for hydroxylation is 1. The summed E-state index contributed by atoms with van der Waals surface area (Å²) in [7, 11) is 1.45. The lowest BCUT2D eigenvalue weighted by molar-refractivity contribution is -0.145. The number of hydrazine groups is 1. The normalized spacial score (nSPS) is 14.6. The molecule has 8 nitrogen and oxygen atoms in total. The maximum Gasteiger partial charge on any atom is 0.344 e. The molecule has 1 N–H and O–H groups in total. The monoisotopic (exact) mass is 410 g/mol. The standard InChI is InChI=1S/C22H22N2O6/c1-4-29-20(25)13-30-18-9-8-15(12-19(18)28-3)11-17-21(26)23-24(22(17)27)16-7-5-6-14(2)10-16/h5-12H,4,13H2,1-3H3,(H,23,26)/b17-11+. The number of amides is 2. The summed E-state index contributed by atoms with van der Waals surface area (Å²) in [6, 6.07) is 12.1. The van der Waals surface area contributed by atoms with Crippen molar-refractivity contribution in [3.8, 4) is 11.5 Å². The molecule has 0 unspecified atom stereocenters. The van der Waals surface area contributed by atoms with Crippen LogP contribution in [0.5, 0.6) is 11.5 Å². The van der Waals surface area contributed by atoms with Crippen LogP contribution in [-0.2, 0) is 19.1 Å². The lowest BCUT2D eigenvalue weighted by Gasteiger charge is -2.14. The van der Waals surface area contributed by atoms with Crippen LogP contribution in [0.25, 0.3) is 6.08 Å². The maximum atomic E-state index is 12.8. The Morgan fingerprint density at radius 1 is 1.13 bits per heavy atom. The Balaban J connectivity index is 1.81. The first kappa shape index (κ1) is 20.9. The van der Waals surface area contributed by atoms with Gasteiger partial charge in [-0.1, -0.05) is 18.2 Å². The third-order valence-corrected chi connectivity index (χ3v) is 4.30. The topological polar surface area (TPSA) is 94.2 Å². The van der Waals surface area contributed by atoms with E-state index >= 15 is 0 Å². The lowest BCUT2D eigenvalue weighted by Crippen LogP contribution is -2.35. The number of nitrogens with one attached hydrogen (secondary N) is 1. The molecular formula is C22H22N2O6. The van der Waals surface area contributed by atoms with E-state index in [-0.39, 0.29) is 18.8 Å². The van der Waals surface area contributed by atoms with Gasteiger partial charge in [0.1, 0.15) is 5.57 Å². The van der Waals surface area contributed by atoms with Gasteiger partial charge in [0.15, 0.2) is 18.1 Å². The van der Waals surface area contributed by atoms with E-state index in [2.05, 4.69) is 5.43 Å². The predicted octanol–water partition coefficient (Wildman–Crippen LogP) is 2.41. The van der Waals surface area contributed by atoms with E-state index in [1.54, 1.807) is 37.3 Å². The number of anilines is 1. The Kier molecular flexibility index (Phi) is 6.36. The van der Waals surface area contributed by atoms with Crippen molar-refractivity contribution in [2.75, 3.05) is 25.3 Å². The zero-order valence-electron chi connectivity index (χ0n) is 16.9. The van der Waals surface area contributed by atoms with Gasteiger partial charge in [0.05, 0.1) is 19.4 Å². The largest absolute Gasteiger partial charge is 0.493 e. The van der Waals surface area contributed by atoms with E-state index in [9.17, 15) is 14.4 Å². The molecule has 0 aromatic heterocycles. The summed E-state index contributed by atoms with van der Waals surface area (Å²) in [5.41, 5.74) is 4.69. The summed E-state index contributed by atoms with van der Waals surface area (Å²) in [5, 5.41) is 1.22. The van der Waals surface area contributed by atoms with Gasteiger partial charge in [-0.15, -0.1) is 0 Å². The van der Waals surface area contributed by atoms with Crippen LogP contribution < -0.4 is 19.9 Å². The number of nitrogens with zero attached hydrogens (tertiary/aromatic N) is 1. The molecule has 0 spiro atoms. The van der Waals surface area contributed by atoms with Crippen molar-refractivity contribution in [1.82, 2.24) is 5.43 Å². The second kappa shape index (κ2) is 9.13. The first-order valence-electron chi connectivity index (χ1n) is 9.33. The van der Waals surface area contributed by atoms with Gasteiger partial charge in [0.2, 0.25) is 0 Å². The summed E-state index contributed by atoms with van der Waals surface area (Å²) in [6.07, 6.45) is 1.48. The molecule has 2 amide bonds. The fourth-order valence-electron chi connectivity index (χ4n) is 2.91. The van der Waals surface area contributed by atoms with Crippen LogP contribution in [0.15, 0.2) is 48.0 Å². The molecule has 156 valence electrons. The second-order valence-electron chi connectivity index (χ2n) is 6.48. The van der Waals surface area contributed by atoms with Crippen molar-refractivity contribution in [3.05, 3.63) is 59.2 Å². The van der Waals surface area contributed by atoms with Gasteiger partial charge < -0.3 is 14.2 Å². The highest BCUT2D eigenvalue weighted by Gasteiger charge is 2.34. The number of hydrogen-bond acceptors (Lipinski definition) is 6. The molecule has 2 aromatic carbocycles. The van der Waals surface area contributed by atoms with Crippen molar-refractivity contribution < 1.29 is 28.6 Å². The third-order valence-electron chi connectivity index (χ3n) is 4.30. The number of carbonyl (C=O) groups excluding carboxylic acids is 3. The van der Waals surface area contributed by atoms with E-state index in [0.717, 1.165) is 5.56 Å². The van der Waals surface area contributed by atoms with Crippen molar-refractivity contribution >= 4 is 29.5 Å². The molecule has 2 aromatic rings. The number of carbonyl (C=O) groups is 3. The van der Waals surface area contributed by atoms with Gasteiger partial charge >= 0.3 is 5.97 Å². The average molecular weight is 410 g/mol. The summed E-state index contributed by atoms with van der Waals surface area (Å²) in [4.78, 5) is 36.6. The number of methoxy groups -OCH3 is 1. The zero-order chi connectivity index (χ0) is 21.7. The Morgan fingerprint density at radius 3 is 2.63 bits per heavy atom. The van der Waals surface area contributed by atoms with Crippen molar-refractivity contribution in [3.63, 3.8) is 0 Å². The van der Waals surface area contributed by atoms with Gasteiger partial charge in [-0.3, -0.25) is 15.0 Å². The van der Waals surface area contributed by atoms with Crippen LogP contribution in [0.3, 0.4) is 0 Å². The first-order chi connectivity index (χ1) is 14.4. The molecule has 1 aliphatic heterocycles. The highest BCUT2D eigenvalue weighted by atomic mass is 16.6. The smallest absolute Gasteiger partial charge is 0.344 e. The summed E-state index contributed by atoms with van der Waals surface area (Å²) < 4.78 is 15.5. The molecule has 1 fully saturated rings. The van der Waals surface area contributed by atoms with Crippen molar-refractivity contribution in [2.24, 2.45) is 0 Å². The molecule has 0 atom stereocenters. The Morgan fingerprint density at radius 2 is 1.93 bits per heavy atom. The van der Waals surface area contributed by atoms with Crippen LogP contribution in [0.2, 0.25) is 0 Å². The summed E-state index contributed by atoms with van der Waals surface area (Å²) in [6.45, 7) is 3.63. The fraction of sp³-hybridized carbons (Fsp3) is 0.227. The number of benzene rings is 2. The van der Waals surface area contributed by atoms with E-state index in [1.165, 1.54) is 18.2 Å². The molecule has 3 rings (SSSR count). The number of hydrogen-bond donors (Lipinski definition) is 1. The maximum absolute atomic E-state index is 12.8. The highest BCUT2D eigenvalue weighted by Crippen LogP contribution is 2.30. The highest BCUT2D eigenvalue weighted by molar-refractivity contribution is 6.31. The molecule has 1 aliphatic rings. The molecule has 0 saturated carbocycles. The molecule has 8 heteroatoms. The molecular weight excluding hydrogens is 388 g/mol. The minimum absolute atomic E-state index is 0.00116. The van der Waals surface area contributed by atoms with Crippen molar-refractivity contribution in [1.29, 1.82) is 0 Å². The van der Waals surface area contributed by atoms with Gasteiger partial charge in [-0.2, -0.15) is 0 Å². The first-order valence-corrected chi connectivity index (χ1v) is 9.33. The van der Waals surface area contributed by atoms with E-state index < -0.39 is 17.8 Å². The summed E-state index contributed by atoms with van der Waals surface area (Å²) >= 11 is 0. The van der Waals surface area contributed by atoms with E-state index in [4.69, 9.17) is 14.2 Å². The van der Waals surface area contributed by atoms with Gasteiger partial charge in [0, 0.05) is 0 Å². The SMILES string of the molecule is CCOC(=O)COc1ccc(/C=C2\C(=O)NN(c3cccc(C)c3)C2=O)cc1OC. The molecule has 0 aliphatic carbocycles. The molecule has 1 heterocycles. The Labute approximate surface area is 174 Å². The predicted molar refractivity (Wildman–Crippen MR) is 110 cm³/mol. The fourth-order valence-corrected chi connectivity index (χ4v) is 2.91. The van der Waals surface area contributed by atoms with Crippen LogP contribution >= 0.6 is 0 Å². The Hall–Kier alpha value is -3.81. The zero-order valence-corrected chi connectivity index (χ0v) is 16.9. The second-order valence-corrected chi connectivity index (χ2v) is 6.48. The summed E-state index contributed by atoms with van der Waals surface area (Å²) in [5.74, 6) is -0.739. The number of rotatable bonds is 7. The Bertz CT molecular complexity index is 1010. The van der Waals surface area contributed by atoms with Gasteiger partial charge in [-0.25, -0.2) is 9.80 Å². The minimum Gasteiger partial charge on any atom is -0.493 e. The van der Waals surface area contributed by atoms with Gasteiger partial charge in [0.25, 0.3) is 11.8 Å². The van der Waals surface area contributed by atoms with E-state index in [0.29, 0.717) is 22.7 Å². The van der Waals surface area contributed by atoms with Crippen LogP contribution in [0.1, 0.15) is 18.1 Å². The number of ether oxygens (including phenoxy) is 3. The molecule has 1 saturated heterocycles. The van der Waals surface area contributed by atoms with Crippen LogP contribution in [0, 0.1) is 6.92 Å². The van der Waals surface area contributed by atoms with Gasteiger partial charge in [-0.05, 0) is 55.3 Å². The van der Waals surface area contributed by atoms with Crippen molar-refractivity contribution in [2.45, 2.75) is 13.8 Å². The van der Waals surface area contributed by atoms with E-state index in [1.807, 2.05) is 19.1 Å².